The highest BCUT2D eigenvalue weighted by molar-refractivity contribution is 5.00. The summed E-state index contributed by atoms with van der Waals surface area (Å²) in [6.45, 7) is 8.41. The Morgan fingerprint density at radius 3 is 2.95 bits per heavy atom. The Labute approximate surface area is 116 Å². The Hall–Kier alpha value is -0.900. The minimum absolute atomic E-state index is 0.298. The SMILES string of the molecule is CCNCC(C)c1nc(C2CCCC(CC)C2)no1. The third kappa shape index (κ3) is 3.78. The summed E-state index contributed by atoms with van der Waals surface area (Å²) < 4.78 is 5.44. The lowest BCUT2D eigenvalue weighted by molar-refractivity contribution is 0.296. The molecule has 1 aliphatic carbocycles. The average molecular weight is 265 g/mol. The molecular weight excluding hydrogens is 238 g/mol. The first-order chi connectivity index (χ1) is 9.24. The molecule has 4 nitrogen and oxygen atoms in total. The summed E-state index contributed by atoms with van der Waals surface area (Å²) in [7, 11) is 0. The number of hydrogen-bond acceptors (Lipinski definition) is 4. The molecule has 0 amide bonds. The smallest absolute Gasteiger partial charge is 0.230 e. The highest BCUT2D eigenvalue weighted by atomic mass is 16.5. The van der Waals surface area contributed by atoms with Gasteiger partial charge in [0.05, 0.1) is 0 Å². The molecular formula is C15H27N3O. The maximum atomic E-state index is 5.44. The molecule has 0 spiro atoms. The van der Waals surface area contributed by atoms with Crippen molar-refractivity contribution in [1.29, 1.82) is 0 Å². The monoisotopic (exact) mass is 265 g/mol. The van der Waals surface area contributed by atoms with Crippen LogP contribution in [0.2, 0.25) is 0 Å². The molecule has 108 valence electrons. The number of rotatable bonds is 6. The molecule has 2 rings (SSSR count). The molecule has 1 fully saturated rings. The second kappa shape index (κ2) is 7.04. The van der Waals surface area contributed by atoms with Crippen LogP contribution in [0.4, 0.5) is 0 Å². The highest BCUT2D eigenvalue weighted by Crippen LogP contribution is 2.36. The largest absolute Gasteiger partial charge is 0.339 e. The lowest BCUT2D eigenvalue weighted by Crippen LogP contribution is -2.19. The van der Waals surface area contributed by atoms with Crippen LogP contribution >= 0.6 is 0 Å². The van der Waals surface area contributed by atoms with Gasteiger partial charge in [-0.2, -0.15) is 4.98 Å². The predicted molar refractivity (Wildman–Crippen MR) is 76.2 cm³/mol. The summed E-state index contributed by atoms with van der Waals surface area (Å²) in [6.07, 6.45) is 6.40. The highest BCUT2D eigenvalue weighted by Gasteiger charge is 2.26. The fourth-order valence-electron chi connectivity index (χ4n) is 2.96. The zero-order valence-electron chi connectivity index (χ0n) is 12.5. The van der Waals surface area contributed by atoms with Crippen LogP contribution in [0.25, 0.3) is 0 Å². The summed E-state index contributed by atoms with van der Waals surface area (Å²) in [5.74, 6) is 3.39. The lowest BCUT2D eigenvalue weighted by Gasteiger charge is -2.26. The summed E-state index contributed by atoms with van der Waals surface area (Å²) in [4.78, 5) is 4.64. The van der Waals surface area contributed by atoms with E-state index in [0.29, 0.717) is 11.8 Å². The van der Waals surface area contributed by atoms with Crippen molar-refractivity contribution in [3.05, 3.63) is 11.7 Å². The van der Waals surface area contributed by atoms with E-state index in [2.05, 4.69) is 36.2 Å². The third-order valence-corrected chi connectivity index (χ3v) is 4.30. The first-order valence-corrected chi connectivity index (χ1v) is 7.78. The summed E-state index contributed by atoms with van der Waals surface area (Å²) in [6, 6.07) is 0. The van der Waals surface area contributed by atoms with E-state index in [1.807, 2.05) is 0 Å². The van der Waals surface area contributed by atoms with Crippen LogP contribution < -0.4 is 5.32 Å². The number of hydrogen-bond donors (Lipinski definition) is 1. The molecule has 1 aromatic heterocycles. The van der Waals surface area contributed by atoms with E-state index < -0.39 is 0 Å². The molecule has 0 radical (unpaired) electrons. The van der Waals surface area contributed by atoms with Crippen molar-refractivity contribution >= 4 is 0 Å². The molecule has 1 N–H and O–H groups in total. The van der Waals surface area contributed by atoms with E-state index >= 15 is 0 Å². The average Bonchev–Trinajstić information content (AvgIpc) is 2.94. The molecule has 4 heteroatoms. The Balaban J connectivity index is 1.96. The van der Waals surface area contributed by atoms with Crippen molar-refractivity contribution in [2.45, 2.75) is 64.7 Å². The van der Waals surface area contributed by atoms with Gasteiger partial charge in [-0.15, -0.1) is 0 Å². The maximum absolute atomic E-state index is 5.44. The summed E-state index contributed by atoms with van der Waals surface area (Å²) in [5, 5.41) is 7.55. The van der Waals surface area contributed by atoms with Crippen LogP contribution in [0.1, 0.15) is 76.4 Å². The van der Waals surface area contributed by atoms with Gasteiger partial charge in [-0.3, -0.25) is 0 Å². The Kier molecular flexibility index (Phi) is 5.37. The lowest BCUT2D eigenvalue weighted by atomic mass is 9.80. The van der Waals surface area contributed by atoms with Crippen molar-refractivity contribution in [1.82, 2.24) is 15.5 Å². The number of nitrogens with one attached hydrogen (secondary N) is 1. The Morgan fingerprint density at radius 2 is 2.21 bits per heavy atom. The topological polar surface area (TPSA) is 51.0 Å². The van der Waals surface area contributed by atoms with Crippen LogP contribution in [-0.2, 0) is 0 Å². The molecule has 3 unspecified atom stereocenters. The molecule has 3 atom stereocenters. The maximum Gasteiger partial charge on any atom is 0.230 e. The second-order valence-electron chi connectivity index (χ2n) is 5.84. The van der Waals surface area contributed by atoms with Gasteiger partial charge < -0.3 is 9.84 Å². The van der Waals surface area contributed by atoms with Crippen molar-refractivity contribution in [3.8, 4) is 0 Å². The van der Waals surface area contributed by atoms with Crippen LogP contribution in [0.3, 0.4) is 0 Å². The summed E-state index contributed by atoms with van der Waals surface area (Å²) in [5.41, 5.74) is 0. The van der Waals surface area contributed by atoms with Gasteiger partial charge in [-0.1, -0.05) is 45.2 Å². The second-order valence-corrected chi connectivity index (χ2v) is 5.84. The third-order valence-electron chi connectivity index (χ3n) is 4.30. The van der Waals surface area contributed by atoms with Gasteiger partial charge in [0.25, 0.3) is 0 Å². The molecule has 1 aromatic rings. The standard InChI is InChI=1S/C15H27N3O/c1-4-12-7-6-8-13(9-12)14-17-15(19-18-14)11(3)10-16-5-2/h11-13,16H,4-10H2,1-3H3. The Morgan fingerprint density at radius 1 is 1.37 bits per heavy atom. The van der Waals surface area contributed by atoms with Crippen LogP contribution in [0, 0.1) is 5.92 Å². The van der Waals surface area contributed by atoms with Gasteiger partial charge in [0.2, 0.25) is 5.89 Å². The van der Waals surface area contributed by atoms with Gasteiger partial charge in [0, 0.05) is 18.4 Å². The van der Waals surface area contributed by atoms with E-state index in [0.717, 1.165) is 30.7 Å². The van der Waals surface area contributed by atoms with E-state index in [1.165, 1.54) is 32.1 Å². The molecule has 1 heterocycles. The first-order valence-electron chi connectivity index (χ1n) is 7.78. The Bertz CT molecular complexity index is 377. The molecule has 19 heavy (non-hydrogen) atoms. The minimum Gasteiger partial charge on any atom is -0.339 e. The normalized spacial score (nSPS) is 25.4. The van der Waals surface area contributed by atoms with Gasteiger partial charge in [0.1, 0.15) is 0 Å². The molecule has 0 saturated heterocycles. The zero-order valence-corrected chi connectivity index (χ0v) is 12.5. The molecule has 0 aromatic carbocycles. The van der Waals surface area contributed by atoms with E-state index in [4.69, 9.17) is 4.52 Å². The molecule has 0 bridgehead atoms. The number of likely N-dealkylation sites (N-methyl/N-ethyl adjacent to an activating group) is 1. The zero-order chi connectivity index (χ0) is 13.7. The fraction of sp³-hybridized carbons (Fsp3) is 0.867. The number of nitrogens with zero attached hydrogens (tertiary/aromatic N) is 2. The minimum atomic E-state index is 0.298. The van der Waals surface area contributed by atoms with Crippen LogP contribution in [-0.4, -0.2) is 23.2 Å². The van der Waals surface area contributed by atoms with Crippen molar-refractivity contribution in [3.63, 3.8) is 0 Å². The van der Waals surface area contributed by atoms with Gasteiger partial charge in [0.15, 0.2) is 5.82 Å². The summed E-state index contributed by atoms with van der Waals surface area (Å²) >= 11 is 0. The van der Waals surface area contributed by atoms with Crippen molar-refractivity contribution in [2.75, 3.05) is 13.1 Å². The fourth-order valence-corrected chi connectivity index (χ4v) is 2.96. The molecule has 1 saturated carbocycles. The van der Waals surface area contributed by atoms with Crippen LogP contribution in [0.15, 0.2) is 4.52 Å². The van der Waals surface area contributed by atoms with Crippen molar-refractivity contribution < 1.29 is 4.52 Å². The molecule has 0 aliphatic heterocycles. The van der Waals surface area contributed by atoms with Gasteiger partial charge >= 0.3 is 0 Å². The number of aromatic nitrogens is 2. The van der Waals surface area contributed by atoms with E-state index in [9.17, 15) is 0 Å². The van der Waals surface area contributed by atoms with E-state index in [-0.39, 0.29) is 0 Å². The van der Waals surface area contributed by atoms with Crippen LogP contribution in [0.5, 0.6) is 0 Å². The van der Waals surface area contributed by atoms with Crippen molar-refractivity contribution in [2.24, 2.45) is 5.92 Å². The molecule has 1 aliphatic rings. The quantitative estimate of drug-likeness (QED) is 0.855. The van der Waals surface area contributed by atoms with Gasteiger partial charge in [-0.05, 0) is 25.3 Å². The predicted octanol–water partition coefficient (Wildman–Crippen LogP) is 3.47. The van der Waals surface area contributed by atoms with Gasteiger partial charge in [-0.25, -0.2) is 0 Å². The first kappa shape index (κ1) is 14.5. The van der Waals surface area contributed by atoms with E-state index in [1.54, 1.807) is 0 Å².